The summed E-state index contributed by atoms with van der Waals surface area (Å²) in [5, 5.41) is 11.5. The number of amides is 7. The van der Waals surface area contributed by atoms with E-state index in [0.29, 0.717) is 22.5 Å². The van der Waals surface area contributed by atoms with Crippen LogP contribution in [0.4, 0.5) is 29.7 Å². The summed E-state index contributed by atoms with van der Waals surface area (Å²) in [4.78, 5) is 79.9. The molecule has 470 valence electrons. The van der Waals surface area contributed by atoms with Gasteiger partial charge in [0.15, 0.2) is 0 Å². The molecule has 7 amide bonds. The Morgan fingerprint density at radius 3 is 1.34 bits per heavy atom. The molecule has 0 spiro atoms. The molecule has 3 saturated heterocycles. The van der Waals surface area contributed by atoms with E-state index >= 15 is 0 Å². The van der Waals surface area contributed by atoms with Gasteiger partial charge in [0.05, 0.1) is 67.2 Å². The number of hydrogen-bond donors (Lipinski definition) is 8. The molecule has 0 aliphatic carbocycles. The van der Waals surface area contributed by atoms with Crippen LogP contribution in [0.15, 0.2) is 118 Å². The molecule has 5 atom stereocenters. The van der Waals surface area contributed by atoms with E-state index in [2.05, 4.69) is 74.8 Å². The lowest BCUT2D eigenvalue weighted by atomic mass is 9.78. The highest BCUT2D eigenvalue weighted by atomic mass is 79.9. The fraction of sp³-hybridized carbons (Fsp3) is 0.383. The number of carbonyl (C=O) groups excluding carboxylic acids is 7. The molecule has 12 N–H and O–H groups in total. The molecule has 21 nitrogen and oxygen atoms in total. The topological polar surface area (TPSA) is 315 Å². The Labute approximate surface area is 531 Å². The SMILES string of the molecule is CC(=O)NC[C@H]1CN(c2ccc(-c3ccc(C(C)NCC(N)=O)cc3)c(F)c2)C(=O)O1.CC(=O)NC[C@H]1CN(c2ccc(B3OC(C)(C)C(C)(C)O3)c(F)c2)C(=O)O1.CC(N)c1ccc(Br)cc1.CC(NCC(N)=O)c1ccc(Br)cc1.NC(=O)CBr. The highest BCUT2D eigenvalue weighted by Gasteiger charge is 2.52. The first kappa shape index (κ1) is 72.6. The van der Waals surface area contributed by atoms with Gasteiger partial charge in [-0.25, -0.2) is 18.4 Å². The van der Waals surface area contributed by atoms with Crippen molar-refractivity contribution >= 4 is 113 Å². The second-order valence-electron chi connectivity index (χ2n) is 21.3. The third-order valence-electron chi connectivity index (χ3n) is 13.8. The number of primary amides is 3. The second-order valence-corrected chi connectivity index (χ2v) is 23.7. The highest BCUT2D eigenvalue weighted by molar-refractivity contribution is 9.10. The van der Waals surface area contributed by atoms with Crippen LogP contribution in [0.5, 0.6) is 0 Å². The molecule has 3 aliphatic rings. The second kappa shape index (κ2) is 34.1. The van der Waals surface area contributed by atoms with Crippen LogP contribution in [0.1, 0.15) is 97.1 Å². The lowest BCUT2D eigenvalue weighted by Crippen LogP contribution is -2.41. The maximum atomic E-state index is 14.8. The fourth-order valence-electron chi connectivity index (χ4n) is 8.16. The maximum absolute atomic E-state index is 14.8. The maximum Gasteiger partial charge on any atom is 0.497 e. The first-order valence-electron chi connectivity index (χ1n) is 27.4. The summed E-state index contributed by atoms with van der Waals surface area (Å²) in [6.07, 6.45) is -2.12. The van der Waals surface area contributed by atoms with Gasteiger partial charge in [-0.15, -0.1) is 0 Å². The van der Waals surface area contributed by atoms with E-state index in [1.54, 1.807) is 36.4 Å². The van der Waals surface area contributed by atoms with E-state index in [-0.39, 0.29) is 91.8 Å². The first-order chi connectivity index (χ1) is 40.8. The highest BCUT2D eigenvalue weighted by Crippen LogP contribution is 2.37. The normalized spacial score (nSPS) is 17.2. The smallest absolute Gasteiger partial charge is 0.442 e. The lowest BCUT2D eigenvalue weighted by molar-refractivity contribution is -0.120. The van der Waals surface area contributed by atoms with Crippen LogP contribution in [0, 0.1) is 11.6 Å². The molecule has 27 heteroatoms. The van der Waals surface area contributed by atoms with Crippen LogP contribution in [0.25, 0.3) is 11.1 Å². The van der Waals surface area contributed by atoms with E-state index in [4.69, 9.17) is 36.0 Å². The molecule has 3 heterocycles. The van der Waals surface area contributed by atoms with Gasteiger partial charge in [-0.3, -0.25) is 33.8 Å². The predicted octanol–water partition coefficient (Wildman–Crippen LogP) is 7.60. The molecular weight excluding hydrogens is 1330 g/mol. The minimum atomic E-state index is -0.818. The quantitative estimate of drug-likeness (QED) is 0.0310. The van der Waals surface area contributed by atoms with Crippen molar-refractivity contribution in [1.29, 1.82) is 0 Å². The van der Waals surface area contributed by atoms with Gasteiger partial charge in [0.1, 0.15) is 23.8 Å². The molecule has 5 aromatic rings. The average molecular weight is 1400 g/mol. The van der Waals surface area contributed by atoms with Gasteiger partial charge in [0, 0.05) is 51.9 Å². The molecule has 87 heavy (non-hydrogen) atoms. The Morgan fingerprint density at radius 1 is 0.609 bits per heavy atom. The van der Waals surface area contributed by atoms with Gasteiger partial charge < -0.3 is 63.0 Å². The standard InChI is InChI=1S/C22H25FN4O4.C18H24BFN2O5.C10H13BrN2O.C8H10BrN.C2H4BrNO/c1-13(25-11-21(24)29)15-3-5-16(6-4-15)19-8-7-17(9-20(19)23)27-12-18(31-22(27)30)10-26-14(2)28;1-11(23)21-9-13-10-22(16(24)25-13)12-6-7-14(15(20)8-12)19-26-17(2,3)18(4,5)27-19;1-7(13-6-10(12)14)8-2-4-9(11)5-3-8;1-6(10)7-2-4-8(9)5-3-7;3-1-2(4)5/h3-9,13,18,25H,10-12H2,1-2H3,(H2,24,29)(H,26,28);6-8,13H,9-10H2,1-5H3,(H,21,23);2-5,7,13H,6H2,1H3,(H2,12,14);2-6H,10H2,1H3;1H2,(H2,4,5)/t13?,18-;13-;;;/m00.../s1. The van der Waals surface area contributed by atoms with Gasteiger partial charge in [0.25, 0.3) is 0 Å². The summed E-state index contributed by atoms with van der Waals surface area (Å²) < 4.78 is 53.9. The van der Waals surface area contributed by atoms with Crippen LogP contribution >= 0.6 is 47.8 Å². The molecule has 3 unspecified atom stereocenters. The van der Waals surface area contributed by atoms with E-state index < -0.39 is 60.3 Å². The molecule has 3 aliphatic heterocycles. The summed E-state index contributed by atoms with van der Waals surface area (Å²) in [7, 11) is -0.818. The molecule has 8 rings (SSSR count). The summed E-state index contributed by atoms with van der Waals surface area (Å²) >= 11 is 9.56. The van der Waals surface area contributed by atoms with Crippen LogP contribution in [-0.4, -0.2) is 117 Å². The fourth-order valence-corrected chi connectivity index (χ4v) is 8.68. The molecule has 0 saturated carbocycles. The van der Waals surface area contributed by atoms with Crippen molar-refractivity contribution in [3.63, 3.8) is 0 Å². The lowest BCUT2D eigenvalue weighted by Gasteiger charge is -2.32. The van der Waals surface area contributed by atoms with Crippen LogP contribution in [-0.2, 0) is 42.8 Å². The van der Waals surface area contributed by atoms with Crippen molar-refractivity contribution in [3.8, 4) is 11.1 Å². The number of anilines is 2. The third kappa shape index (κ3) is 23.3. The van der Waals surface area contributed by atoms with E-state index in [1.807, 2.05) is 109 Å². The average Bonchev–Trinajstić information content (AvgIpc) is 1.97. The number of nitrogens with zero attached hydrogens (tertiary/aromatic N) is 2. The van der Waals surface area contributed by atoms with Gasteiger partial charge in [-0.1, -0.05) is 102 Å². The Balaban J connectivity index is 0.000000260. The van der Waals surface area contributed by atoms with Crippen LogP contribution in [0.3, 0.4) is 0 Å². The van der Waals surface area contributed by atoms with E-state index in [0.717, 1.165) is 20.1 Å². The van der Waals surface area contributed by atoms with Gasteiger partial charge in [-0.2, -0.15) is 0 Å². The molecule has 0 aromatic heterocycles. The van der Waals surface area contributed by atoms with Crippen molar-refractivity contribution in [2.24, 2.45) is 22.9 Å². The number of ether oxygens (including phenoxy) is 2. The number of rotatable bonds is 18. The zero-order valence-electron chi connectivity index (χ0n) is 49.9. The Kier molecular flexibility index (Phi) is 28.4. The van der Waals surface area contributed by atoms with Crippen molar-refractivity contribution in [1.82, 2.24) is 21.3 Å². The number of nitrogens with one attached hydrogen (secondary N) is 4. The van der Waals surface area contributed by atoms with E-state index in [1.165, 1.54) is 41.3 Å². The van der Waals surface area contributed by atoms with Crippen LogP contribution in [0.2, 0.25) is 0 Å². The number of nitrogens with two attached hydrogens (primary N) is 4. The van der Waals surface area contributed by atoms with Crippen molar-refractivity contribution < 1.29 is 61.1 Å². The summed E-state index contributed by atoms with van der Waals surface area (Å²) in [5.74, 6) is -2.52. The third-order valence-corrected chi connectivity index (χ3v) is 15.4. The van der Waals surface area contributed by atoms with Crippen molar-refractivity contribution in [2.75, 3.05) is 54.4 Å². The molecule has 5 aromatic carbocycles. The number of cyclic esters (lactones) is 2. The minimum Gasteiger partial charge on any atom is -0.442 e. The first-order valence-corrected chi connectivity index (χ1v) is 30.2. The molecule has 0 radical (unpaired) electrons. The minimum absolute atomic E-state index is 0.0730. The Bertz CT molecular complexity index is 3140. The Morgan fingerprint density at radius 2 is 0.989 bits per heavy atom. The van der Waals surface area contributed by atoms with E-state index in [9.17, 15) is 42.3 Å². The number of hydrogen-bond acceptors (Lipinski definition) is 14. The molecule has 0 bridgehead atoms. The number of carbonyl (C=O) groups is 7. The largest absolute Gasteiger partial charge is 0.497 e. The number of halogens is 5. The van der Waals surface area contributed by atoms with Gasteiger partial charge in [-0.05, 0) is 125 Å². The zero-order valence-corrected chi connectivity index (χ0v) is 54.6. The zero-order chi connectivity index (χ0) is 64.9. The summed E-state index contributed by atoms with van der Waals surface area (Å²) in [6.45, 7) is 17.4. The molecular formula is C60H76BBr3F2N10O11. The predicted molar refractivity (Wildman–Crippen MR) is 342 cm³/mol. The summed E-state index contributed by atoms with van der Waals surface area (Å²) in [6, 6.07) is 32.5. The van der Waals surface area contributed by atoms with Crippen molar-refractivity contribution in [3.05, 3.63) is 146 Å². The van der Waals surface area contributed by atoms with Crippen molar-refractivity contribution in [2.45, 2.75) is 104 Å². The number of alkyl halides is 1. The monoisotopic (exact) mass is 1400 g/mol. The summed E-state index contributed by atoms with van der Waals surface area (Å²) in [5.41, 5.74) is 24.7. The van der Waals surface area contributed by atoms with Gasteiger partial charge in [0.2, 0.25) is 29.5 Å². The Hall–Kier alpha value is -6.85. The van der Waals surface area contributed by atoms with Gasteiger partial charge >= 0.3 is 19.3 Å². The molecule has 3 fully saturated rings. The van der Waals surface area contributed by atoms with Crippen LogP contribution < -0.4 is 59.5 Å². The number of benzene rings is 5.